The summed E-state index contributed by atoms with van der Waals surface area (Å²) in [7, 11) is 1.59. The summed E-state index contributed by atoms with van der Waals surface area (Å²) >= 11 is 5.97. The average Bonchev–Trinajstić information content (AvgIpc) is 2.70. The van der Waals surface area contributed by atoms with E-state index >= 15 is 0 Å². The summed E-state index contributed by atoms with van der Waals surface area (Å²) in [5.74, 6) is 0.663. The molecule has 2 aromatic rings. The van der Waals surface area contributed by atoms with Crippen LogP contribution in [-0.2, 0) is 0 Å². The van der Waals surface area contributed by atoms with E-state index in [-0.39, 0.29) is 0 Å². The molecule has 2 rings (SSSR count). The van der Waals surface area contributed by atoms with E-state index < -0.39 is 0 Å². The number of imidazole rings is 1. The van der Waals surface area contributed by atoms with Crippen LogP contribution in [0.25, 0.3) is 5.69 Å². The van der Waals surface area contributed by atoms with E-state index in [1.54, 1.807) is 30.1 Å². The van der Waals surface area contributed by atoms with Gasteiger partial charge in [0.05, 0.1) is 12.1 Å². The number of hydrogen-bond donors (Lipinski definition) is 0. The van der Waals surface area contributed by atoms with E-state index in [1.807, 2.05) is 12.1 Å². The Morgan fingerprint density at radius 3 is 2.93 bits per heavy atom. The largest absolute Gasteiger partial charge is 0.495 e. The lowest BCUT2D eigenvalue weighted by molar-refractivity contribution is 0.415. The van der Waals surface area contributed by atoms with Crippen LogP contribution in [0, 0.1) is 6.33 Å². The van der Waals surface area contributed by atoms with Gasteiger partial charge in [0.25, 0.3) is 0 Å². The zero-order chi connectivity index (χ0) is 9.97. The summed E-state index contributed by atoms with van der Waals surface area (Å²) in [6.45, 7) is 0. The minimum absolute atomic E-state index is 0.576. The highest BCUT2D eigenvalue weighted by Gasteiger charge is 2.02. The van der Waals surface area contributed by atoms with Crippen LogP contribution in [0.5, 0.6) is 5.75 Å². The molecule has 0 bridgehead atoms. The Labute approximate surface area is 86.9 Å². The van der Waals surface area contributed by atoms with Gasteiger partial charge in [0, 0.05) is 18.1 Å². The molecule has 0 amide bonds. The van der Waals surface area contributed by atoms with Gasteiger partial charge in [-0.1, -0.05) is 11.6 Å². The maximum atomic E-state index is 5.97. The number of rotatable bonds is 2. The minimum Gasteiger partial charge on any atom is -0.495 e. The fraction of sp³-hybridized carbons (Fsp3) is 0.100. The first-order valence-electron chi connectivity index (χ1n) is 4.06. The maximum absolute atomic E-state index is 5.97. The summed E-state index contributed by atoms with van der Waals surface area (Å²) in [6, 6.07) is 5.51. The molecule has 0 aliphatic heterocycles. The molecule has 0 saturated heterocycles. The van der Waals surface area contributed by atoms with Crippen LogP contribution >= 0.6 is 11.6 Å². The summed E-state index contributed by atoms with van der Waals surface area (Å²) in [4.78, 5) is 3.83. The second kappa shape index (κ2) is 3.72. The first kappa shape index (κ1) is 9.09. The molecule has 1 aromatic heterocycles. The monoisotopic (exact) mass is 207 g/mol. The summed E-state index contributed by atoms with van der Waals surface area (Å²) < 4.78 is 6.81. The predicted molar refractivity (Wildman–Crippen MR) is 54.0 cm³/mol. The molecule has 0 spiro atoms. The third-order valence-corrected chi connectivity index (χ3v) is 2.16. The topological polar surface area (TPSA) is 27.1 Å². The molecule has 0 N–H and O–H groups in total. The fourth-order valence-corrected chi connectivity index (χ4v) is 1.43. The molecule has 1 aromatic carbocycles. The SMILES string of the molecule is COc1ccc(-n2[c]ncc2)cc1Cl. The molecule has 1 heterocycles. The Kier molecular flexibility index (Phi) is 2.41. The van der Waals surface area contributed by atoms with Crippen LogP contribution in [0.3, 0.4) is 0 Å². The number of hydrogen-bond acceptors (Lipinski definition) is 2. The number of halogens is 1. The van der Waals surface area contributed by atoms with E-state index in [2.05, 4.69) is 11.3 Å². The van der Waals surface area contributed by atoms with Crippen LogP contribution < -0.4 is 4.74 Å². The Bertz CT molecular complexity index is 426. The normalized spacial score (nSPS) is 10.1. The average molecular weight is 208 g/mol. The van der Waals surface area contributed by atoms with Crippen LogP contribution in [0.1, 0.15) is 0 Å². The highest BCUT2D eigenvalue weighted by atomic mass is 35.5. The zero-order valence-electron chi connectivity index (χ0n) is 7.57. The molecule has 0 fully saturated rings. The van der Waals surface area contributed by atoms with Crippen molar-refractivity contribution in [3.8, 4) is 11.4 Å². The third kappa shape index (κ3) is 1.59. The molecule has 0 atom stereocenters. The third-order valence-electron chi connectivity index (χ3n) is 1.87. The van der Waals surface area contributed by atoms with Gasteiger partial charge < -0.3 is 4.74 Å². The predicted octanol–water partition coefficient (Wildman–Crippen LogP) is 2.33. The Morgan fingerprint density at radius 2 is 2.36 bits per heavy atom. The van der Waals surface area contributed by atoms with Crippen molar-refractivity contribution in [1.29, 1.82) is 0 Å². The van der Waals surface area contributed by atoms with Crippen molar-refractivity contribution in [1.82, 2.24) is 9.55 Å². The standard InChI is InChI=1S/C10H8ClN2O/c1-14-10-3-2-8(6-9(10)11)13-5-4-12-7-13/h2-6H,1H3. The van der Waals surface area contributed by atoms with Gasteiger partial charge >= 0.3 is 0 Å². The Morgan fingerprint density at radius 1 is 1.50 bits per heavy atom. The highest BCUT2D eigenvalue weighted by molar-refractivity contribution is 6.32. The van der Waals surface area contributed by atoms with Crippen molar-refractivity contribution >= 4 is 11.6 Å². The number of aromatic nitrogens is 2. The van der Waals surface area contributed by atoms with Crippen molar-refractivity contribution in [3.05, 3.63) is 41.9 Å². The quantitative estimate of drug-likeness (QED) is 0.756. The van der Waals surface area contributed by atoms with Crippen molar-refractivity contribution in [2.75, 3.05) is 7.11 Å². The van der Waals surface area contributed by atoms with Crippen LogP contribution in [-0.4, -0.2) is 16.7 Å². The molecule has 0 aliphatic carbocycles. The first-order valence-corrected chi connectivity index (χ1v) is 4.44. The molecule has 0 unspecified atom stereocenters. The summed E-state index contributed by atoms with van der Waals surface area (Å²) in [5, 5.41) is 0.576. The molecule has 71 valence electrons. The van der Waals surface area contributed by atoms with Gasteiger partial charge in [0.1, 0.15) is 5.75 Å². The molecular weight excluding hydrogens is 200 g/mol. The maximum Gasteiger partial charge on any atom is 0.181 e. The van der Waals surface area contributed by atoms with E-state index in [1.165, 1.54) is 0 Å². The van der Waals surface area contributed by atoms with Crippen molar-refractivity contribution in [2.24, 2.45) is 0 Å². The van der Waals surface area contributed by atoms with Crippen molar-refractivity contribution in [2.45, 2.75) is 0 Å². The molecule has 14 heavy (non-hydrogen) atoms. The minimum atomic E-state index is 0.576. The van der Waals surface area contributed by atoms with E-state index in [0.29, 0.717) is 10.8 Å². The van der Waals surface area contributed by atoms with Gasteiger partial charge in [-0.05, 0) is 18.2 Å². The highest BCUT2D eigenvalue weighted by Crippen LogP contribution is 2.26. The van der Waals surface area contributed by atoms with Gasteiger partial charge in [-0.25, -0.2) is 4.98 Å². The fourth-order valence-electron chi connectivity index (χ4n) is 1.18. The van der Waals surface area contributed by atoms with Crippen LogP contribution in [0.15, 0.2) is 30.6 Å². The lowest BCUT2D eigenvalue weighted by Gasteiger charge is -2.05. The van der Waals surface area contributed by atoms with Crippen LogP contribution in [0.4, 0.5) is 0 Å². The first-order chi connectivity index (χ1) is 6.81. The molecule has 0 saturated carbocycles. The van der Waals surface area contributed by atoms with Gasteiger partial charge in [0.2, 0.25) is 0 Å². The van der Waals surface area contributed by atoms with Gasteiger partial charge in [-0.3, -0.25) is 4.57 Å². The van der Waals surface area contributed by atoms with Gasteiger partial charge in [-0.2, -0.15) is 0 Å². The number of ether oxygens (including phenoxy) is 1. The van der Waals surface area contributed by atoms with Gasteiger partial charge in [-0.15, -0.1) is 0 Å². The molecule has 4 heteroatoms. The number of benzene rings is 1. The van der Waals surface area contributed by atoms with Crippen molar-refractivity contribution < 1.29 is 4.74 Å². The smallest absolute Gasteiger partial charge is 0.181 e. The van der Waals surface area contributed by atoms with E-state index in [4.69, 9.17) is 16.3 Å². The second-order valence-electron chi connectivity index (χ2n) is 2.72. The Hall–Kier alpha value is -1.48. The number of methoxy groups -OCH3 is 1. The summed E-state index contributed by atoms with van der Waals surface area (Å²) in [5.41, 5.74) is 0.910. The van der Waals surface area contributed by atoms with E-state index in [0.717, 1.165) is 5.69 Å². The van der Waals surface area contributed by atoms with Crippen LogP contribution in [0.2, 0.25) is 5.02 Å². The number of nitrogens with zero attached hydrogens (tertiary/aromatic N) is 2. The van der Waals surface area contributed by atoms with E-state index in [9.17, 15) is 0 Å². The zero-order valence-corrected chi connectivity index (χ0v) is 8.32. The molecular formula is C10H8ClN2O. The lowest BCUT2D eigenvalue weighted by Crippen LogP contribution is -1.91. The molecule has 1 radical (unpaired) electrons. The van der Waals surface area contributed by atoms with Gasteiger partial charge in [0.15, 0.2) is 6.33 Å². The second-order valence-corrected chi connectivity index (χ2v) is 3.12. The summed E-state index contributed by atoms with van der Waals surface area (Å²) in [6.07, 6.45) is 6.25. The molecule has 0 aliphatic rings. The Balaban J connectivity index is 2.43. The van der Waals surface area contributed by atoms with Crippen molar-refractivity contribution in [3.63, 3.8) is 0 Å². The molecule has 3 nitrogen and oxygen atoms in total. The lowest BCUT2D eigenvalue weighted by atomic mass is 10.3.